The molecule has 1 rings (SSSR count). The van der Waals surface area contributed by atoms with Crippen LogP contribution >= 0.6 is 0 Å². The summed E-state index contributed by atoms with van der Waals surface area (Å²) in [7, 11) is 0. The second kappa shape index (κ2) is 5.79. The van der Waals surface area contributed by atoms with Gasteiger partial charge in [-0.2, -0.15) is 0 Å². The van der Waals surface area contributed by atoms with E-state index in [0.29, 0.717) is 13.1 Å². The predicted octanol–water partition coefficient (Wildman–Crippen LogP) is 2.13. The van der Waals surface area contributed by atoms with Crippen molar-refractivity contribution in [2.24, 2.45) is 0 Å². The SMILES string of the molecule is C=CCN(Cc1ccc([N+](=O)[O-])cc1)C(C)=O. The Kier molecular flexibility index (Phi) is 4.39. The summed E-state index contributed by atoms with van der Waals surface area (Å²) in [4.78, 5) is 22.9. The van der Waals surface area contributed by atoms with Crippen LogP contribution in [0.4, 0.5) is 5.69 Å². The molecule has 0 fully saturated rings. The average Bonchev–Trinajstić information content (AvgIpc) is 2.29. The molecule has 0 aliphatic heterocycles. The summed E-state index contributed by atoms with van der Waals surface area (Å²) in [6.07, 6.45) is 1.65. The van der Waals surface area contributed by atoms with Gasteiger partial charge in [0, 0.05) is 32.1 Å². The number of non-ortho nitro benzene ring substituents is 1. The minimum absolute atomic E-state index is 0.0480. The highest BCUT2D eigenvalue weighted by molar-refractivity contribution is 5.73. The molecule has 0 atom stereocenters. The third-order valence-electron chi connectivity index (χ3n) is 2.32. The molecule has 1 aromatic carbocycles. The zero-order chi connectivity index (χ0) is 12.8. The van der Waals surface area contributed by atoms with Crippen LogP contribution in [0.2, 0.25) is 0 Å². The van der Waals surface area contributed by atoms with Crippen molar-refractivity contribution in [3.63, 3.8) is 0 Å². The smallest absolute Gasteiger partial charge is 0.269 e. The molecular weight excluding hydrogens is 220 g/mol. The first-order valence-corrected chi connectivity index (χ1v) is 5.14. The van der Waals surface area contributed by atoms with Crippen LogP contribution in [-0.2, 0) is 11.3 Å². The van der Waals surface area contributed by atoms with E-state index in [4.69, 9.17) is 0 Å². The van der Waals surface area contributed by atoms with Gasteiger partial charge in [0.05, 0.1) is 4.92 Å². The average molecular weight is 234 g/mol. The molecule has 5 nitrogen and oxygen atoms in total. The van der Waals surface area contributed by atoms with E-state index >= 15 is 0 Å². The fraction of sp³-hybridized carbons (Fsp3) is 0.250. The van der Waals surface area contributed by atoms with Crippen LogP contribution in [0.1, 0.15) is 12.5 Å². The summed E-state index contributed by atoms with van der Waals surface area (Å²) in [5, 5.41) is 10.5. The number of hydrogen-bond donors (Lipinski definition) is 0. The second-order valence-electron chi connectivity index (χ2n) is 3.61. The van der Waals surface area contributed by atoms with Gasteiger partial charge >= 0.3 is 0 Å². The number of carbonyl (C=O) groups excluding carboxylic acids is 1. The molecule has 0 bridgehead atoms. The van der Waals surface area contributed by atoms with Crippen LogP contribution < -0.4 is 0 Å². The molecule has 5 heteroatoms. The minimum atomic E-state index is -0.448. The van der Waals surface area contributed by atoms with Crippen molar-refractivity contribution in [1.29, 1.82) is 0 Å². The Morgan fingerprint density at radius 1 is 1.47 bits per heavy atom. The highest BCUT2D eigenvalue weighted by atomic mass is 16.6. The molecule has 0 saturated heterocycles. The number of hydrogen-bond acceptors (Lipinski definition) is 3. The van der Waals surface area contributed by atoms with E-state index in [1.165, 1.54) is 19.1 Å². The lowest BCUT2D eigenvalue weighted by atomic mass is 10.2. The predicted molar refractivity (Wildman–Crippen MR) is 64.4 cm³/mol. The molecule has 17 heavy (non-hydrogen) atoms. The fourth-order valence-electron chi connectivity index (χ4n) is 1.40. The highest BCUT2D eigenvalue weighted by Crippen LogP contribution is 2.13. The summed E-state index contributed by atoms with van der Waals surface area (Å²) in [5.74, 6) is -0.0525. The molecular formula is C12H14N2O3. The molecule has 0 N–H and O–H groups in total. The summed E-state index contributed by atoms with van der Waals surface area (Å²) >= 11 is 0. The Hall–Kier alpha value is -2.17. The first-order valence-electron chi connectivity index (χ1n) is 5.14. The van der Waals surface area contributed by atoms with Crippen LogP contribution in [0.3, 0.4) is 0 Å². The van der Waals surface area contributed by atoms with Gasteiger partial charge in [-0.15, -0.1) is 6.58 Å². The molecule has 0 saturated carbocycles. The number of amides is 1. The lowest BCUT2D eigenvalue weighted by Crippen LogP contribution is -2.28. The van der Waals surface area contributed by atoms with Crippen molar-refractivity contribution in [1.82, 2.24) is 4.90 Å². The number of rotatable bonds is 5. The molecule has 90 valence electrons. The van der Waals surface area contributed by atoms with E-state index < -0.39 is 4.92 Å². The summed E-state index contributed by atoms with van der Waals surface area (Å²) in [6.45, 7) is 5.95. The zero-order valence-electron chi connectivity index (χ0n) is 9.63. The Morgan fingerprint density at radius 3 is 2.47 bits per heavy atom. The van der Waals surface area contributed by atoms with Gasteiger partial charge in [0.2, 0.25) is 5.91 Å². The second-order valence-corrected chi connectivity index (χ2v) is 3.61. The van der Waals surface area contributed by atoms with Crippen LogP contribution in [0.5, 0.6) is 0 Å². The normalized spacial score (nSPS) is 9.71. The van der Waals surface area contributed by atoms with Gasteiger partial charge in [-0.1, -0.05) is 18.2 Å². The molecule has 0 unspecified atom stereocenters. The lowest BCUT2D eigenvalue weighted by Gasteiger charge is -2.18. The van der Waals surface area contributed by atoms with Gasteiger partial charge < -0.3 is 4.90 Å². The van der Waals surface area contributed by atoms with Crippen LogP contribution in [-0.4, -0.2) is 22.3 Å². The van der Waals surface area contributed by atoms with Gasteiger partial charge in [-0.3, -0.25) is 14.9 Å². The summed E-state index contributed by atoms with van der Waals surface area (Å²) in [5.41, 5.74) is 0.902. The number of nitro groups is 1. The van der Waals surface area contributed by atoms with Crippen molar-refractivity contribution in [2.75, 3.05) is 6.54 Å². The highest BCUT2D eigenvalue weighted by Gasteiger charge is 2.09. The maximum atomic E-state index is 11.3. The van der Waals surface area contributed by atoms with Gasteiger partial charge in [0.1, 0.15) is 0 Å². The van der Waals surface area contributed by atoms with Crippen molar-refractivity contribution >= 4 is 11.6 Å². The number of nitro benzene ring substituents is 1. The molecule has 0 spiro atoms. The molecule has 0 aliphatic carbocycles. The van der Waals surface area contributed by atoms with Gasteiger partial charge in [-0.05, 0) is 5.56 Å². The first-order chi connectivity index (χ1) is 8.04. The number of nitrogens with zero attached hydrogens (tertiary/aromatic N) is 2. The standard InChI is InChI=1S/C12H14N2O3/c1-3-8-13(10(2)15)9-11-4-6-12(7-5-11)14(16)17/h3-7H,1,8-9H2,2H3. The Bertz CT molecular complexity index is 426. The number of carbonyl (C=O) groups is 1. The van der Waals surface area contributed by atoms with Crippen molar-refractivity contribution in [3.05, 3.63) is 52.6 Å². The molecule has 0 heterocycles. The quantitative estimate of drug-likeness (QED) is 0.445. The van der Waals surface area contributed by atoms with Gasteiger partial charge in [0.15, 0.2) is 0 Å². The molecule has 1 aromatic rings. The maximum Gasteiger partial charge on any atom is 0.269 e. The molecule has 0 aliphatic rings. The Balaban J connectivity index is 2.76. The monoisotopic (exact) mass is 234 g/mol. The third kappa shape index (κ3) is 3.71. The minimum Gasteiger partial charge on any atom is -0.335 e. The van der Waals surface area contributed by atoms with E-state index in [1.54, 1.807) is 23.1 Å². The van der Waals surface area contributed by atoms with Crippen LogP contribution in [0, 0.1) is 10.1 Å². The fourth-order valence-corrected chi connectivity index (χ4v) is 1.40. The van der Waals surface area contributed by atoms with E-state index in [2.05, 4.69) is 6.58 Å². The van der Waals surface area contributed by atoms with Crippen molar-refractivity contribution in [3.8, 4) is 0 Å². The Morgan fingerprint density at radius 2 is 2.06 bits per heavy atom. The molecule has 0 aromatic heterocycles. The summed E-state index contributed by atoms with van der Waals surface area (Å²) in [6, 6.07) is 6.16. The first kappa shape index (κ1) is 12.9. The topological polar surface area (TPSA) is 63.4 Å². The largest absolute Gasteiger partial charge is 0.335 e. The van der Waals surface area contributed by atoms with Crippen LogP contribution in [0.25, 0.3) is 0 Å². The van der Waals surface area contributed by atoms with E-state index in [9.17, 15) is 14.9 Å². The Labute approximate surface area is 99.5 Å². The van der Waals surface area contributed by atoms with Crippen molar-refractivity contribution in [2.45, 2.75) is 13.5 Å². The number of benzene rings is 1. The van der Waals surface area contributed by atoms with E-state index in [0.717, 1.165) is 5.56 Å². The molecule has 1 amide bonds. The summed E-state index contributed by atoms with van der Waals surface area (Å²) < 4.78 is 0. The van der Waals surface area contributed by atoms with Gasteiger partial charge in [-0.25, -0.2) is 0 Å². The lowest BCUT2D eigenvalue weighted by molar-refractivity contribution is -0.384. The van der Waals surface area contributed by atoms with Crippen LogP contribution in [0.15, 0.2) is 36.9 Å². The molecule has 0 radical (unpaired) electrons. The van der Waals surface area contributed by atoms with E-state index in [1.807, 2.05) is 0 Å². The zero-order valence-corrected chi connectivity index (χ0v) is 9.63. The van der Waals surface area contributed by atoms with E-state index in [-0.39, 0.29) is 11.6 Å². The van der Waals surface area contributed by atoms with Gasteiger partial charge in [0.25, 0.3) is 5.69 Å². The van der Waals surface area contributed by atoms with Crippen molar-refractivity contribution < 1.29 is 9.72 Å². The maximum absolute atomic E-state index is 11.3. The third-order valence-corrected chi connectivity index (χ3v) is 2.32.